The first-order valence-corrected chi connectivity index (χ1v) is 4.16. The summed E-state index contributed by atoms with van der Waals surface area (Å²) in [5, 5.41) is 0. The summed E-state index contributed by atoms with van der Waals surface area (Å²) in [6, 6.07) is 0. The average Bonchev–Trinajstić information content (AvgIpc) is 1.85. The van der Waals surface area contributed by atoms with Crippen molar-refractivity contribution in [2.24, 2.45) is 10.9 Å². The molecule has 0 atom stereocenters. The van der Waals surface area contributed by atoms with E-state index in [0.717, 1.165) is 13.0 Å². The van der Waals surface area contributed by atoms with Gasteiger partial charge in [0.2, 0.25) is 0 Å². The maximum absolute atomic E-state index is 4.43. The molecule has 0 fully saturated rings. The van der Waals surface area contributed by atoms with Gasteiger partial charge < -0.3 is 0 Å². The number of nitrogens with zero attached hydrogens (tertiary/aromatic N) is 1. The van der Waals surface area contributed by atoms with Crippen LogP contribution in [0.3, 0.4) is 0 Å². The molecule has 1 nitrogen and oxygen atoms in total. The molecule has 0 unspecified atom stereocenters. The summed E-state index contributed by atoms with van der Waals surface area (Å²) in [7, 11) is 0. The van der Waals surface area contributed by atoms with Gasteiger partial charge in [0.15, 0.2) is 0 Å². The van der Waals surface area contributed by atoms with Gasteiger partial charge in [-0.3, -0.25) is 4.99 Å². The van der Waals surface area contributed by atoms with Crippen molar-refractivity contribution in [2.75, 3.05) is 6.54 Å². The van der Waals surface area contributed by atoms with Crippen molar-refractivity contribution in [1.82, 2.24) is 0 Å². The Bertz CT molecular complexity index is 103. The number of hydrogen-bond acceptors (Lipinski definition) is 1. The summed E-state index contributed by atoms with van der Waals surface area (Å²) in [4.78, 5) is 4.43. The van der Waals surface area contributed by atoms with Gasteiger partial charge in [0.25, 0.3) is 0 Å². The highest BCUT2D eigenvalue weighted by atomic mass is 14.7. The minimum absolute atomic E-state index is 0.701. The Balaban J connectivity index is 3.47. The van der Waals surface area contributed by atoms with E-state index in [2.05, 4.69) is 32.7 Å². The molecule has 0 aliphatic carbocycles. The average molecular weight is 141 g/mol. The van der Waals surface area contributed by atoms with Crippen molar-refractivity contribution in [1.29, 1.82) is 0 Å². The third kappa shape index (κ3) is 5.80. The molecule has 0 aromatic heterocycles. The number of rotatable bonds is 4. The Morgan fingerprint density at radius 1 is 1.40 bits per heavy atom. The lowest BCUT2D eigenvalue weighted by molar-refractivity contribution is 0.663. The molecule has 0 N–H and O–H groups in total. The summed E-state index contributed by atoms with van der Waals surface area (Å²) in [6.45, 7) is 9.69. The smallest absolute Gasteiger partial charge is 0.0411 e. The summed E-state index contributed by atoms with van der Waals surface area (Å²) in [5.41, 5.74) is 1.30. The maximum Gasteiger partial charge on any atom is 0.0411 e. The molecule has 0 aliphatic rings. The highest BCUT2D eigenvalue weighted by molar-refractivity contribution is 5.81. The van der Waals surface area contributed by atoms with Crippen LogP contribution in [-0.2, 0) is 0 Å². The van der Waals surface area contributed by atoms with E-state index in [9.17, 15) is 0 Å². The fourth-order valence-electron chi connectivity index (χ4n) is 0.779. The molecular weight excluding hydrogens is 122 g/mol. The molecule has 0 aromatic carbocycles. The van der Waals surface area contributed by atoms with Gasteiger partial charge in [0, 0.05) is 12.3 Å². The van der Waals surface area contributed by atoms with Gasteiger partial charge in [-0.2, -0.15) is 0 Å². The van der Waals surface area contributed by atoms with Crippen molar-refractivity contribution in [3.63, 3.8) is 0 Å². The molecule has 0 aromatic rings. The summed E-state index contributed by atoms with van der Waals surface area (Å²) in [5.74, 6) is 0.701. The van der Waals surface area contributed by atoms with Gasteiger partial charge in [0.1, 0.15) is 0 Å². The molecule has 0 heterocycles. The van der Waals surface area contributed by atoms with E-state index >= 15 is 0 Å². The molecule has 0 radical (unpaired) electrons. The van der Waals surface area contributed by atoms with Crippen LogP contribution in [-0.4, -0.2) is 12.3 Å². The highest BCUT2D eigenvalue weighted by Crippen LogP contribution is 1.96. The molecular formula is C9H19N. The first-order chi connectivity index (χ1) is 4.66. The monoisotopic (exact) mass is 141 g/mol. The Labute approximate surface area is 64.6 Å². The van der Waals surface area contributed by atoms with E-state index in [4.69, 9.17) is 0 Å². The molecule has 0 bridgehead atoms. The normalized spacial score (nSPS) is 12.7. The summed E-state index contributed by atoms with van der Waals surface area (Å²) < 4.78 is 0. The molecule has 60 valence electrons. The second-order valence-corrected chi connectivity index (χ2v) is 3.22. The zero-order valence-electron chi connectivity index (χ0n) is 7.65. The zero-order chi connectivity index (χ0) is 7.98. The Hall–Kier alpha value is -0.330. The summed E-state index contributed by atoms with van der Waals surface area (Å²) in [6.07, 6.45) is 2.38. The Morgan fingerprint density at radius 3 is 2.40 bits per heavy atom. The first-order valence-electron chi connectivity index (χ1n) is 4.16. The summed E-state index contributed by atoms with van der Waals surface area (Å²) >= 11 is 0. The minimum Gasteiger partial charge on any atom is -0.294 e. The lowest BCUT2D eigenvalue weighted by Gasteiger charge is -2.00. The highest BCUT2D eigenvalue weighted by Gasteiger charge is 1.91. The van der Waals surface area contributed by atoms with E-state index in [0.29, 0.717) is 5.92 Å². The molecule has 1 heteroatoms. The fourth-order valence-corrected chi connectivity index (χ4v) is 0.779. The second kappa shape index (κ2) is 5.45. The van der Waals surface area contributed by atoms with Crippen LogP contribution in [0.1, 0.15) is 40.5 Å². The van der Waals surface area contributed by atoms with E-state index in [1.807, 2.05) is 0 Å². The van der Waals surface area contributed by atoms with Gasteiger partial charge in [-0.25, -0.2) is 0 Å². The standard InChI is InChI=1S/C9H19N/c1-5-6-9(4)10-7-8(2)3/h8H,5-7H2,1-4H3. The van der Waals surface area contributed by atoms with Gasteiger partial charge in [-0.05, 0) is 19.3 Å². The Morgan fingerprint density at radius 2 is 2.00 bits per heavy atom. The third-order valence-corrected chi connectivity index (χ3v) is 1.34. The van der Waals surface area contributed by atoms with Crippen LogP contribution >= 0.6 is 0 Å². The van der Waals surface area contributed by atoms with E-state index in [1.54, 1.807) is 0 Å². The second-order valence-electron chi connectivity index (χ2n) is 3.22. The molecule has 10 heavy (non-hydrogen) atoms. The largest absolute Gasteiger partial charge is 0.294 e. The Kier molecular flexibility index (Phi) is 5.27. The van der Waals surface area contributed by atoms with Crippen LogP contribution < -0.4 is 0 Å². The van der Waals surface area contributed by atoms with Crippen LogP contribution in [0.5, 0.6) is 0 Å². The van der Waals surface area contributed by atoms with Crippen LogP contribution in [0, 0.1) is 5.92 Å². The SMILES string of the molecule is CCCC(C)=NCC(C)C. The first kappa shape index (κ1) is 9.67. The molecule has 0 aliphatic heterocycles. The van der Waals surface area contributed by atoms with Crippen LogP contribution in [0.25, 0.3) is 0 Å². The van der Waals surface area contributed by atoms with Gasteiger partial charge in [-0.15, -0.1) is 0 Å². The fraction of sp³-hybridized carbons (Fsp3) is 0.889. The predicted molar refractivity (Wildman–Crippen MR) is 47.7 cm³/mol. The van der Waals surface area contributed by atoms with E-state index in [1.165, 1.54) is 12.1 Å². The number of hydrogen-bond donors (Lipinski definition) is 0. The predicted octanol–water partition coefficient (Wildman–Crippen LogP) is 2.90. The number of aliphatic imine (C=N–C) groups is 1. The van der Waals surface area contributed by atoms with Crippen molar-refractivity contribution in [3.05, 3.63) is 0 Å². The van der Waals surface area contributed by atoms with Gasteiger partial charge >= 0.3 is 0 Å². The molecule has 0 saturated carbocycles. The molecule has 0 rings (SSSR count). The lowest BCUT2D eigenvalue weighted by atomic mass is 10.2. The van der Waals surface area contributed by atoms with Crippen LogP contribution in [0.2, 0.25) is 0 Å². The topological polar surface area (TPSA) is 12.4 Å². The minimum atomic E-state index is 0.701. The quantitative estimate of drug-likeness (QED) is 0.534. The molecule has 0 amide bonds. The van der Waals surface area contributed by atoms with E-state index in [-0.39, 0.29) is 0 Å². The molecule has 0 saturated heterocycles. The van der Waals surface area contributed by atoms with Crippen LogP contribution in [0.4, 0.5) is 0 Å². The van der Waals surface area contributed by atoms with Crippen LogP contribution in [0.15, 0.2) is 4.99 Å². The third-order valence-electron chi connectivity index (χ3n) is 1.34. The molecule has 0 spiro atoms. The zero-order valence-corrected chi connectivity index (χ0v) is 7.65. The van der Waals surface area contributed by atoms with Crippen molar-refractivity contribution >= 4 is 5.71 Å². The maximum atomic E-state index is 4.43. The van der Waals surface area contributed by atoms with Gasteiger partial charge in [0.05, 0.1) is 0 Å². The van der Waals surface area contributed by atoms with Gasteiger partial charge in [-0.1, -0.05) is 27.2 Å². The van der Waals surface area contributed by atoms with Crippen molar-refractivity contribution in [3.8, 4) is 0 Å². The lowest BCUT2D eigenvalue weighted by Crippen LogP contribution is -1.97. The van der Waals surface area contributed by atoms with E-state index < -0.39 is 0 Å². The van der Waals surface area contributed by atoms with Crippen molar-refractivity contribution < 1.29 is 0 Å². The van der Waals surface area contributed by atoms with Crippen molar-refractivity contribution in [2.45, 2.75) is 40.5 Å².